The number of amides is 1. The van der Waals surface area contributed by atoms with Crippen molar-refractivity contribution < 1.29 is 19.0 Å². The summed E-state index contributed by atoms with van der Waals surface area (Å²) in [5, 5.41) is 10.5. The zero-order valence-electron chi connectivity index (χ0n) is 12.5. The smallest absolute Gasteiger partial charge is 0.228 e. The third kappa shape index (κ3) is 3.87. The molecule has 1 saturated heterocycles. The van der Waals surface area contributed by atoms with E-state index in [4.69, 9.17) is 4.74 Å². The molecule has 2 aromatic rings. The number of benzene rings is 1. The van der Waals surface area contributed by atoms with Crippen LogP contribution >= 0.6 is 0 Å². The summed E-state index contributed by atoms with van der Waals surface area (Å²) < 4.78 is 18.6. The zero-order chi connectivity index (χ0) is 16.3. The number of aromatic nitrogens is 2. The molecule has 23 heavy (non-hydrogen) atoms. The maximum atomic E-state index is 13.1. The third-order valence-electron chi connectivity index (χ3n) is 3.89. The quantitative estimate of drug-likeness (QED) is 0.866. The molecule has 1 atom stereocenters. The first-order valence-electron chi connectivity index (χ1n) is 7.40. The molecule has 3 rings (SSSR count). The molecule has 0 saturated carbocycles. The van der Waals surface area contributed by atoms with Gasteiger partial charge in [0.05, 0.1) is 19.3 Å². The van der Waals surface area contributed by atoms with E-state index in [1.54, 1.807) is 23.2 Å². The Morgan fingerprint density at radius 3 is 3.13 bits per heavy atom. The maximum absolute atomic E-state index is 13.1. The van der Waals surface area contributed by atoms with Gasteiger partial charge in [-0.1, -0.05) is 6.07 Å². The summed E-state index contributed by atoms with van der Waals surface area (Å²) >= 11 is 0. The van der Waals surface area contributed by atoms with E-state index in [-0.39, 0.29) is 25.5 Å². The molecule has 0 bridgehead atoms. The minimum Gasteiger partial charge on any atom is -0.490 e. The van der Waals surface area contributed by atoms with Gasteiger partial charge in [-0.15, -0.1) is 0 Å². The van der Waals surface area contributed by atoms with Gasteiger partial charge in [0.25, 0.3) is 0 Å². The Morgan fingerprint density at radius 2 is 2.39 bits per heavy atom. The highest BCUT2D eigenvalue weighted by atomic mass is 19.1. The number of nitrogens with zero attached hydrogens (tertiary/aromatic N) is 2. The summed E-state index contributed by atoms with van der Waals surface area (Å²) in [6.07, 6.45) is 3.78. The second-order valence-corrected chi connectivity index (χ2v) is 5.79. The van der Waals surface area contributed by atoms with E-state index in [2.05, 4.69) is 9.97 Å². The van der Waals surface area contributed by atoms with Crippen molar-refractivity contribution in [1.29, 1.82) is 0 Å². The van der Waals surface area contributed by atoms with Crippen LogP contribution in [0.4, 0.5) is 4.39 Å². The predicted octanol–water partition coefficient (Wildman–Crippen LogP) is 1.13. The van der Waals surface area contributed by atoms with Crippen molar-refractivity contribution in [2.75, 3.05) is 19.7 Å². The number of hydrogen-bond acceptors (Lipinski definition) is 4. The lowest BCUT2D eigenvalue weighted by Gasteiger charge is -2.23. The lowest BCUT2D eigenvalue weighted by Crippen LogP contribution is -2.41. The highest BCUT2D eigenvalue weighted by molar-refractivity contribution is 5.78. The molecule has 1 aromatic carbocycles. The van der Waals surface area contributed by atoms with Crippen LogP contribution in [-0.4, -0.2) is 51.2 Å². The number of carbonyl (C=O) groups is 1. The van der Waals surface area contributed by atoms with E-state index >= 15 is 0 Å². The lowest BCUT2D eigenvalue weighted by atomic mass is 10.1. The number of halogens is 1. The van der Waals surface area contributed by atoms with E-state index in [9.17, 15) is 14.3 Å². The molecular formula is C16H18FN3O3. The van der Waals surface area contributed by atoms with Gasteiger partial charge in [0.1, 0.15) is 23.8 Å². The molecule has 0 unspecified atom stereocenters. The fourth-order valence-corrected chi connectivity index (χ4v) is 2.62. The van der Waals surface area contributed by atoms with E-state index < -0.39 is 11.4 Å². The van der Waals surface area contributed by atoms with Crippen molar-refractivity contribution in [3.8, 4) is 5.75 Å². The minimum atomic E-state index is -1.12. The van der Waals surface area contributed by atoms with Crippen LogP contribution in [0.1, 0.15) is 12.1 Å². The zero-order valence-corrected chi connectivity index (χ0v) is 12.5. The predicted molar refractivity (Wildman–Crippen MR) is 80.3 cm³/mol. The van der Waals surface area contributed by atoms with Crippen molar-refractivity contribution in [3.05, 3.63) is 48.3 Å². The lowest BCUT2D eigenvalue weighted by molar-refractivity contribution is -0.130. The van der Waals surface area contributed by atoms with Crippen LogP contribution in [0.5, 0.6) is 5.75 Å². The number of aromatic amines is 1. The number of carbonyl (C=O) groups excluding carboxylic acids is 1. The highest BCUT2D eigenvalue weighted by Crippen LogP contribution is 2.24. The Morgan fingerprint density at radius 1 is 1.52 bits per heavy atom. The molecule has 0 spiro atoms. The maximum Gasteiger partial charge on any atom is 0.228 e. The molecule has 2 heterocycles. The van der Waals surface area contributed by atoms with E-state index in [0.717, 1.165) is 5.69 Å². The first-order valence-corrected chi connectivity index (χ1v) is 7.40. The van der Waals surface area contributed by atoms with Crippen LogP contribution in [0.25, 0.3) is 0 Å². The number of aliphatic hydroxyl groups is 1. The highest BCUT2D eigenvalue weighted by Gasteiger charge is 2.39. The fourth-order valence-electron chi connectivity index (χ4n) is 2.62. The second kappa shape index (κ2) is 6.37. The van der Waals surface area contributed by atoms with Crippen LogP contribution < -0.4 is 4.74 Å². The number of ether oxygens (including phenoxy) is 1. The number of imidazole rings is 1. The van der Waals surface area contributed by atoms with Crippen molar-refractivity contribution in [1.82, 2.24) is 14.9 Å². The molecule has 1 aliphatic rings. The Labute approximate surface area is 132 Å². The molecule has 7 heteroatoms. The van der Waals surface area contributed by atoms with Gasteiger partial charge in [-0.2, -0.15) is 0 Å². The topological polar surface area (TPSA) is 78.5 Å². The van der Waals surface area contributed by atoms with Crippen molar-refractivity contribution in [3.63, 3.8) is 0 Å². The number of H-pyrrole nitrogens is 1. The first kappa shape index (κ1) is 15.5. The molecular weight excluding hydrogens is 301 g/mol. The molecule has 6 nitrogen and oxygen atoms in total. The Hall–Kier alpha value is -2.41. The molecule has 2 N–H and O–H groups in total. The monoisotopic (exact) mass is 319 g/mol. The average Bonchev–Trinajstić information content (AvgIpc) is 3.16. The van der Waals surface area contributed by atoms with Gasteiger partial charge in [0.2, 0.25) is 5.91 Å². The Kier molecular flexibility index (Phi) is 4.29. The number of likely N-dealkylation sites (tertiary alicyclic amines) is 1. The van der Waals surface area contributed by atoms with Crippen molar-refractivity contribution in [2.24, 2.45) is 0 Å². The standard InChI is InChI=1S/C16H18FN3O3/c17-12-2-1-3-14(6-12)23-10-16(22)4-5-20(9-16)15(21)7-13-8-18-11-19-13/h1-3,6,8,11,22H,4-5,7,9-10H2,(H,18,19)/t16-/m1/s1. The summed E-state index contributed by atoms with van der Waals surface area (Å²) in [6, 6.07) is 5.76. The molecule has 1 fully saturated rings. The van der Waals surface area contributed by atoms with Crippen LogP contribution in [0.2, 0.25) is 0 Å². The van der Waals surface area contributed by atoms with Crippen LogP contribution in [0, 0.1) is 5.82 Å². The normalized spacial score (nSPS) is 20.7. The summed E-state index contributed by atoms with van der Waals surface area (Å²) in [7, 11) is 0. The summed E-state index contributed by atoms with van der Waals surface area (Å²) in [5.74, 6) is -0.103. The van der Waals surface area contributed by atoms with Crippen LogP contribution in [0.15, 0.2) is 36.8 Å². The molecule has 1 aromatic heterocycles. The first-order chi connectivity index (χ1) is 11.0. The summed E-state index contributed by atoms with van der Waals surface area (Å²) in [5.41, 5.74) is -0.378. The minimum absolute atomic E-state index is 0.0181. The van der Waals surface area contributed by atoms with Gasteiger partial charge in [0, 0.05) is 24.5 Å². The number of hydrogen-bond donors (Lipinski definition) is 2. The SMILES string of the molecule is O=C(Cc1cnc[nH]1)N1CC[C@](O)(COc2cccc(F)c2)C1. The van der Waals surface area contributed by atoms with Gasteiger partial charge in [0.15, 0.2) is 0 Å². The largest absolute Gasteiger partial charge is 0.490 e. The fraction of sp³-hybridized carbons (Fsp3) is 0.375. The molecule has 0 radical (unpaired) electrons. The average molecular weight is 319 g/mol. The molecule has 122 valence electrons. The summed E-state index contributed by atoms with van der Waals surface area (Å²) in [4.78, 5) is 20.6. The van der Waals surface area contributed by atoms with Crippen LogP contribution in [-0.2, 0) is 11.2 Å². The van der Waals surface area contributed by atoms with E-state index in [0.29, 0.717) is 18.7 Å². The number of nitrogens with one attached hydrogen (secondary N) is 1. The Bertz CT molecular complexity index is 677. The van der Waals surface area contributed by atoms with Crippen LogP contribution in [0.3, 0.4) is 0 Å². The number of β-amino-alcohol motifs (C(OH)–C–C–N with tert-alkyl or cyclic N) is 1. The van der Waals surface area contributed by atoms with Gasteiger partial charge in [-0.3, -0.25) is 4.79 Å². The van der Waals surface area contributed by atoms with Gasteiger partial charge >= 0.3 is 0 Å². The van der Waals surface area contributed by atoms with Gasteiger partial charge < -0.3 is 19.7 Å². The Balaban J connectivity index is 1.54. The molecule has 1 amide bonds. The van der Waals surface area contributed by atoms with Crippen molar-refractivity contribution in [2.45, 2.75) is 18.4 Å². The van der Waals surface area contributed by atoms with E-state index in [1.165, 1.54) is 18.5 Å². The van der Waals surface area contributed by atoms with E-state index in [1.807, 2.05) is 0 Å². The molecule has 0 aliphatic carbocycles. The van der Waals surface area contributed by atoms with Crippen molar-refractivity contribution >= 4 is 5.91 Å². The third-order valence-corrected chi connectivity index (χ3v) is 3.89. The summed E-state index contributed by atoms with van der Waals surface area (Å²) in [6.45, 7) is 0.690. The second-order valence-electron chi connectivity index (χ2n) is 5.79. The van der Waals surface area contributed by atoms with Gasteiger partial charge in [-0.25, -0.2) is 9.37 Å². The molecule has 1 aliphatic heterocycles. The number of rotatable bonds is 5. The van der Waals surface area contributed by atoms with Gasteiger partial charge in [-0.05, 0) is 18.6 Å².